The van der Waals surface area contributed by atoms with Gasteiger partial charge in [0.15, 0.2) is 10.2 Å². The molecule has 128 valence electrons. The Balaban J connectivity index is 1.58. The second-order valence-corrected chi connectivity index (χ2v) is 7.24. The molecule has 1 amide bonds. The molecule has 1 heterocycles. The number of thioether (sulfide) groups is 1. The summed E-state index contributed by atoms with van der Waals surface area (Å²) >= 11 is 2.68. The molecule has 0 bridgehead atoms. The van der Waals surface area contributed by atoms with Crippen LogP contribution >= 0.6 is 23.3 Å². The number of anilines is 1. The van der Waals surface area contributed by atoms with Crippen LogP contribution in [0.5, 0.6) is 5.75 Å². The second-order valence-electron chi connectivity index (χ2n) is 5.26. The van der Waals surface area contributed by atoms with Crippen LogP contribution in [0.3, 0.4) is 0 Å². The molecule has 0 saturated carbocycles. The molecule has 0 saturated heterocycles. The van der Waals surface area contributed by atoms with Gasteiger partial charge in [0.05, 0.1) is 12.9 Å². The van der Waals surface area contributed by atoms with Gasteiger partial charge < -0.3 is 10.1 Å². The summed E-state index contributed by atoms with van der Waals surface area (Å²) in [6, 6.07) is 15.3. The van der Waals surface area contributed by atoms with Crippen LogP contribution in [0.4, 0.5) is 5.69 Å². The molecule has 0 aliphatic rings. The minimum atomic E-state index is -0.0551. The lowest BCUT2D eigenvalue weighted by Gasteiger charge is -2.06. The highest BCUT2D eigenvalue weighted by atomic mass is 32.2. The Hall–Kier alpha value is -2.38. The molecule has 0 atom stereocenters. The standard InChI is InChI=1S/C18H17N3O2S2/c1-12-5-3-4-6-15(12)19-16(22)11-24-18-20-17(21-25-18)13-7-9-14(23-2)10-8-13/h3-10H,11H2,1-2H3,(H,19,22). The van der Waals surface area contributed by atoms with Crippen LogP contribution in [-0.4, -0.2) is 28.1 Å². The number of ether oxygens (including phenoxy) is 1. The highest BCUT2D eigenvalue weighted by Crippen LogP contribution is 2.26. The Kier molecular flexibility index (Phi) is 5.67. The molecule has 3 rings (SSSR count). The minimum Gasteiger partial charge on any atom is -0.497 e. The van der Waals surface area contributed by atoms with E-state index in [1.54, 1.807) is 7.11 Å². The average Bonchev–Trinajstić information content (AvgIpc) is 3.11. The van der Waals surface area contributed by atoms with E-state index in [0.717, 1.165) is 26.9 Å². The van der Waals surface area contributed by atoms with Crippen molar-refractivity contribution in [2.75, 3.05) is 18.2 Å². The van der Waals surface area contributed by atoms with Crippen molar-refractivity contribution >= 4 is 34.9 Å². The molecule has 0 radical (unpaired) electrons. The molecule has 1 aromatic heterocycles. The average molecular weight is 371 g/mol. The molecule has 0 aliphatic carbocycles. The van der Waals surface area contributed by atoms with Gasteiger partial charge in [-0.2, -0.15) is 4.37 Å². The van der Waals surface area contributed by atoms with E-state index in [-0.39, 0.29) is 5.91 Å². The van der Waals surface area contributed by atoms with Gasteiger partial charge >= 0.3 is 0 Å². The zero-order valence-corrected chi connectivity index (χ0v) is 15.5. The van der Waals surface area contributed by atoms with Crippen molar-refractivity contribution in [3.8, 4) is 17.1 Å². The third-order valence-corrected chi connectivity index (χ3v) is 5.34. The number of benzene rings is 2. The molecule has 25 heavy (non-hydrogen) atoms. The number of amides is 1. The summed E-state index contributed by atoms with van der Waals surface area (Å²) < 4.78 is 10.3. The third-order valence-electron chi connectivity index (χ3n) is 3.50. The van der Waals surface area contributed by atoms with E-state index in [0.29, 0.717) is 11.6 Å². The molecule has 0 fully saturated rings. The van der Waals surface area contributed by atoms with Crippen molar-refractivity contribution in [2.24, 2.45) is 0 Å². The Morgan fingerprint density at radius 2 is 1.96 bits per heavy atom. The largest absolute Gasteiger partial charge is 0.497 e. The number of hydrogen-bond acceptors (Lipinski definition) is 6. The lowest BCUT2D eigenvalue weighted by molar-refractivity contribution is -0.113. The third kappa shape index (κ3) is 4.58. The van der Waals surface area contributed by atoms with E-state index in [9.17, 15) is 4.79 Å². The summed E-state index contributed by atoms with van der Waals surface area (Å²) in [6.07, 6.45) is 0. The highest BCUT2D eigenvalue weighted by molar-refractivity contribution is 8.01. The van der Waals surface area contributed by atoms with Gasteiger partial charge in [0.25, 0.3) is 0 Å². The van der Waals surface area contributed by atoms with Crippen LogP contribution in [0.15, 0.2) is 52.9 Å². The molecule has 2 aromatic carbocycles. The fourth-order valence-electron chi connectivity index (χ4n) is 2.15. The van der Waals surface area contributed by atoms with Gasteiger partial charge in [-0.1, -0.05) is 30.0 Å². The minimum absolute atomic E-state index is 0.0551. The van der Waals surface area contributed by atoms with Gasteiger partial charge in [-0.3, -0.25) is 4.79 Å². The normalized spacial score (nSPS) is 10.5. The van der Waals surface area contributed by atoms with Crippen molar-refractivity contribution < 1.29 is 9.53 Å². The summed E-state index contributed by atoms with van der Waals surface area (Å²) in [4.78, 5) is 16.6. The van der Waals surface area contributed by atoms with Crippen molar-refractivity contribution in [1.82, 2.24) is 9.36 Å². The van der Waals surface area contributed by atoms with Gasteiger partial charge in [-0.15, -0.1) is 0 Å². The molecule has 0 aliphatic heterocycles. The van der Waals surface area contributed by atoms with E-state index >= 15 is 0 Å². The molecule has 0 spiro atoms. The number of carbonyl (C=O) groups is 1. The number of carbonyl (C=O) groups excluding carboxylic acids is 1. The summed E-state index contributed by atoms with van der Waals surface area (Å²) in [5.41, 5.74) is 2.80. The van der Waals surface area contributed by atoms with E-state index in [4.69, 9.17) is 4.74 Å². The van der Waals surface area contributed by atoms with Crippen LogP contribution in [0.25, 0.3) is 11.4 Å². The van der Waals surface area contributed by atoms with Gasteiger partial charge in [0, 0.05) is 11.3 Å². The van der Waals surface area contributed by atoms with Gasteiger partial charge in [-0.05, 0) is 54.4 Å². The molecule has 5 nitrogen and oxygen atoms in total. The fourth-order valence-corrected chi connectivity index (χ4v) is 3.57. The summed E-state index contributed by atoms with van der Waals surface area (Å²) in [5, 5.41) is 2.91. The Morgan fingerprint density at radius 3 is 2.68 bits per heavy atom. The first-order chi connectivity index (χ1) is 12.2. The predicted octanol–water partition coefficient (Wildman–Crippen LogP) is 4.25. The van der Waals surface area contributed by atoms with Crippen molar-refractivity contribution in [3.05, 3.63) is 54.1 Å². The summed E-state index contributed by atoms with van der Waals surface area (Å²) in [7, 11) is 1.63. The second kappa shape index (κ2) is 8.13. The van der Waals surface area contributed by atoms with E-state index in [2.05, 4.69) is 14.7 Å². The van der Waals surface area contributed by atoms with E-state index < -0.39 is 0 Å². The Morgan fingerprint density at radius 1 is 1.20 bits per heavy atom. The van der Waals surface area contributed by atoms with E-state index in [1.165, 1.54) is 23.3 Å². The maximum atomic E-state index is 12.1. The van der Waals surface area contributed by atoms with Gasteiger partial charge in [0.1, 0.15) is 5.75 Å². The number of para-hydroxylation sites is 1. The van der Waals surface area contributed by atoms with Crippen LogP contribution < -0.4 is 10.1 Å². The Labute approximate surface area is 154 Å². The molecular formula is C18H17N3O2S2. The number of nitrogens with zero attached hydrogens (tertiary/aromatic N) is 2. The first kappa shape index (κ1) is 17.4. The van der Waals surface area contributed by atoms with Crippen LogP contribution in [-0.2, 0) is 4.79 Å². The fraction of sp³-hybridized carbons (Fsp3) is 0.167. The number of nitrogens with one attached hydrogen (secondary N) is 1. The van der Waals surface area contributed by atoms with Gasteiger partial charge in [-0.25, -0.2) is 4.98 Å². The topological polar surface area (TPSA) is 64.1 Å². The molecular weight excluding hydrogens is 354 g/mol. The summed E-state index contributed by atoms with van der Waals surface area (Å²) in [5.74, 6) is 1.70. The van der Waals surface area contributed by atoms with Crippen molar-refractivity contribution in [1.29, 1.82) is 0 Å². The Bertz CT molecular complexity index is 863. The predicted molar refractivity (Wildman–Crippen MR) is 102 cm³/mol. The zero-order chi connectivity index (χ0) is 17.6. The van der Waals surface area contributed by atoms with Crippen molar-refractivity contribution in [3.63, 3.8) is 0 Å². The quantitative estimate of drug-likeness (QED) is 0.656. The molecule has 0 unspecified atom stereocenters. The van der Waals surface area contributed by atoms with Crippen LogP contribution in [0.1, 0.15) is 5.56 Å². The molecule has 1 N–H and O–H groups in total. The first-order valence-electron chi connectivity index (χ1n) is 7.62. The monoisotopic (exact) mass is 371 g/mol. The maximum Gasteiger partial charge on any atom is 0.234 e. The lowest BCUT2D eigenvalue weighted by Crippen LogP contribution is -2.14. The summed E-state index contributed by atoms with van der Waals surface area (Å²) in [6.45, 7) is 1.97. The first-order valence-corrected chi connectivity index (χ1v) is 9.38. The molecule has 3 aromatic rings. The van der Waals surface area contributed by atoms with Gasteiger partial charge in [0.2, 0.25) is 5.91 Å². The zero-order valence-electron chi connectivity index (χ0n) is 13.9. The number of aryl methyl sites for hydroxylation is 1. The number of hydrogen-bond donors (Lipinski definition) is 1. The van der Waals surface area contributed by atoms with Crippen LogP contribution in [0.2, 0.25) is 0 Å². The maximum absolute atomic E-state index is 12.1. The number of methoxy groups -OCH3 is 1. The van der Waals surface area contributed by atoms with Crippen molar-refractivity contribution in [2.45, 2.75) is 11.3 Å². The SMILES string of the molecule is COc1ccc(-c2nsc(SCC(=O)Nc3ccccc3C)n2)cc1. The van der Waals surface area contributed by atoms with E-state index in [1.807, 2.05) is 55.5 Å². The lowest BCUT2D eigenvalue weighted by atomic mass is 10.2. The highest BCUT2D eigenvalue weighted by Gasteiger charge is 2.10. The smallest absolute Gasteiger partial charge is 0.234 e. The van der Waals surface area contributed by atoms with Crippen LogP contribution in [0, 0.1) is 6.92 Å². The molecule has 7 heteroatoms. The number of rotatable bonds is 6. The number of aromatic nitrogens is 2.